The molecule has 0 fully saturated rings. The molecule has 6 heteroatoms. The van der Waals surface area contributed by atoms with Gasteiger partial charge < -0.3 is 10.1 Å². The molecule has 0 atom stereocenters. The third kappa shape index (κ3) is 4.72. The number of amides is 1. The van der Waals surface area contributed by atoms with E-state index in [9.17, 15) is 9.18 Å². The Balaban J connectivity index is 1.82. The number of rotatable bonds is 5. The Labute approximate surface area is 135 Å². The minimum absolute atomic E-state index is 0.295. The zero-order valence-electron chi connectivity index (χ0n) is 10.9. The van der Waals surface area contributed by atoms with E-state index in [4.69, 9.17) is 16.3 Å². The van der Waals surface area contributed by atoms with Gasteiger partial charge in [0.05, 0.1) is 12.1 Å². The van der Waals surface area contributed by atoms with Crippen molar-refractivity contribution in [3.8, 4) is 5.75 Å². The summed E-state index contributed by atoms with van der Waals surface area (Å²) in [6.45, 7) is 0.639. The summed E-state index contributed by atoms with van der Waals surface area (Å²) in [6.07, 6.45) is 0. The fourth-order valence-corrected chi connectivity index (χ4v) is 2.37. The summed E-state index contributed by atoms with van der Waals surface area (Å²) in [6, 6.07) is 10.9. The number of nitrogens with one attached hydrogen (secondary N) is 1. The Bertz CT molecular complexity index is 651. The maximum absolute atomic E-state index is 12.9. The first-order valence-corrected chi connectivity index (χ1v) is 7.35. The van der Waals surface area contributed by atoms with Gasteiger partial charge in [-0.3, -0.25) is 4.79 Å². The number of benzene rings is 2. The average molecular weight is 373 g/mol. The van der Waals surface area contributed by atoms with Crippen molar-refractivity contribution in [2.75, 3.05) is 13.2 Å². The minimum atomic E-state index is -0.400. The lowest BCUT2D eigenvalue weighted by Crippen LogP contribution is -2.28. The molecular weight excluding hydrogens is 361 g/mol. The van der Waals surface area contributed by atoms with Crippen LogP contribution in [0.5, 0.6) is 5.75 Å². The van der Waals surface area contributed by atoms with Gasteiger partial charge in [0.1, 0.15) is 18.2 Å². The average Bonchev–Trinajstić information content (AvgIpc) is 2.43. The molecule has 0 heterocycles. The lowest BCUT2D eigenvalue weighted by Gasteiger charge is -2.09. The summed E-state index contributed by atoms with van der Waals surface area (Å²) in [5.74, 6) is -0.0565. The third-order valence-corrected chi connectivity index (χ3v) is 3.52. The molecule has 1 N–H and O–H groups in total. The van der Waals surface area contributed by atoms with E-state index < -0.39 is 5.82 Å². The number of hydrogen-bond donors (Lipinski definition) is 1. The van der Waals surface area contributed by atoms with Gasteiger partial charge in [0.15, 0.2) is 0 Å². The van der Waals surface area contributed by atoms with Crippen molar-refractivity contribution in [3.05, 3.63) is 63.3 Å². The van der Waals surface area contributed by atoms with Gasteiger partial charge in [-0.15, -0.1) is 0 Å². The van der Waals surface area contributed by atoms with Crippen LogP contribution in [0.4, 0.5) is 4.39 Å². The fraction of sp³-hybridized carbons (Fsp3) is 0.133. The van der Waals surface area contributed by atoms with Gasteiger partial charge in [0.2, 0.25) is 0 Å². The van der Waals surface area contributed by atoms with Crippen molar-refractivity contribution in [2.45, 2.75) is 0 Å². The van der Waals surface area contributed by atoms with Crippen LogP contribution >= 0.6 is 27.5 Å². The molecule has 0 aromatic heterocycles. The molecule has 2 rings (SSSR count). The number of carbonyl (C=O) groups excluding carboxylic acids is 1. The zero-order chi connectivity index (χ0) is 15.2. The van der Waals surface area contributed by atoms with E-state index in [0.29, 0.717) is 34.0 Å². The van der Waals surface area contributed by atoms with Gasteiger partial charge in [0, 0.05) is 9.50 Å². The molecule has 0 radical (unpaired) electrons. The maximum atomic E-state index is 12.9. The van der Waals surface area contributed by atoms with Crippen LogP contribution in [0.15, 0.2) is 46.9 Å². The lowest BCUT2D eigenvalue weighted by molar-refractivity contribution is 0.0946. The molecule has 0 aliphatic heterocycles. The molecule has 1 amide bonds. The normalized spacial score (nSPS) is 10.2. The molecule has 0 saturated heterocycles. The van der Waals surface area contributed by atoms with Gasteiger partial charge >= 0.3 is 0 Å². The standard InChI is InChI=1S/C15H12BrClFNO2/c16-14-9-11(18)4-5-13(14)15(20)19-6-7-21-12-3-1-2-10(17)8-12/h1-5,8-9H,6-7H2,(H,19,20). The van der Waals surface area contributed by atoms with E-state index in [-0.39, 0.29) is 5.91 Å². The second-order valence-corrected chi connectivity index (χ2v) is 5.48. The predicted molar refractivity (Wildman–Crippen MR) is 83.4 cm³/mol. The van der Waals surface area contributed by atoms with Gasteiger partial charge in [0.25, 0.3) is 5.91 Å². The summed E-state index contributed by atoms with van der Waals surface area (Å²) in [5.41, 5.74) is 0.374. The molecule has 0 aliphatic rings. The van der Waals surface area contributed by atoms with Gasteiger partial charge in [-0.1, -0.05) is 17.7 Å². The van der Waals surface area contributed by atoms with Crippen molar-refractivity contribution in [3.63, 3.8) is 0 Å². The van der Waals surface area contributed by atoms with Crippen LogP contribution in [-0.4, -0.2) is 19.1 Å². The van der Waals surface area contributed by atoms with Crippen molar-refractivity contribution in [1.29, 1.82) is 0 Å². The molecule has 3 nitrogen and oxygen atoms in total. The van der Waals surface area contributed by atoms with Crippen LogP contribution in [0.25, 0.3) is 0 Å². The van der Waals surface area contributed by atoms with Crippen molar-refractivity contribution >= 4 is 33.4 Å². The van der Waals surface area contributed by atoms with E-state index >= 15 is 0 Å². The van der Waals surface area contributed by atoms with Crippen LogP contribution in [0.3, 0.4) is 0 Å². The zero-order valence-corrected chi connectivity index (χ0v) is 13.2. The van der Waals surface area contributed by atoms with E-state index in [2.05, 4.69) is 21.2 Å². The van der Waals surface area contributed by atoms with Crippen LogP contribution in [-0.2, 0) is 0 Å². The SMILES string of the molecule is O=C(NCCOc1cccc(Cl)c1)c1ccc(F)cc1Br. The topological polar surface area (TPSA) is 38.3 Å². The molecule has 0 saturated carbocycles. The Morgan fingerprint density at radius 3 is 2.81 bits per heavy atom. The van der Waals surface area contributed by atoms with E-state index in [1.165, 1.54) is 18.2 Å². The first kappa shape index (κ1) is 15.8. The lowest BCUT2D eigenvalue weighted by atomic mass is 10.2. The smallest absolute Gasteiger partial charge is 0.252 e. The molecule has 21 heavy (non-hydrogen) atoms. The fourth-order valence-electron chi connectivity index (χ4n) is 1.66. The van der Waals surface area contributed by atoms with Crippen molar-refractivity contribution in [2.24, 2.45) is 0 Å². The molecule has 0 unspecified atom stereocenters. The second-order valence-electron chi connectivity index (χ2n) is 4.19. The van der Waals surface area contributed by atoms with Crippen molar-refractivity contribution in [1.82, 2.24) is 5.32 Å². The largest absolute Gasteiger partial charge is 0.492 e. The molecular formula is C15H12BrClFNO2. The number of ether oxygens (including phenoxy) is 1. The van der Waals surface area contributed by atoms with E-state index in [0.717, 1.165) is 0 Å². The van der Waals surface area contributed by atoms with Crippen LogP contribution < -0.4 is 10.1 Å². The Morgan fingerprint density at radius 2 is 2.10 bits per heavy atom. The Hall–Kier alpha value is -1.59. The predicted octanol–water partition coefficient (Wildman–Crippen LogP) is 4.05. The molecule has 0 bridgehead atoms. The highest BCUT2D eigenvalue weighted by Gasteiger charge is 2.10. The highest BCUT2D eigenvalue weighted by molar-refractivity contribution is 9.10. The number of carbonyl (C=O) groups is 1. The Morgan fingerprint density at radius 1 is 1.29 bits per heavy atom. The van der Waals surface area contributed by atoms with Crippen LogP contribution in [0.1, 0.15) is 10.4 Å². The summed E-state index contributed by atoms with van der Waals surface area (Å²) < 4.78 is 18.8. The summed E-state index contributed by atoms with van der Waals surface area (Å²) in [7, 11) is 0. The second kappa shape index (κ2) is 7.43. The summed E-state index contributed by atoms with van der Waals surface area (Å²) in [5, 5.41) is 3.28. The van der Waals surface area contributed by atoms with Gasteiger partial charge in [-0.2, -0.15) is 0 Å². The molecule has 2 aromatic rings. The molecule has 0 aliphatic carbocycles. The van der Waals surface area contributed by atoms with Crippen LogP contribution in [0.2, 0.25) is 5.02 Å². The quantitative estimate of drug-likeness (QED) is 0.804. The first-order valence-electron chi connectivity index (χ1n) is 6.18. The van der Waals surface area contributed by atoms with E-state index in [1.54, 1.807) is 24.3 Å². The first-order chi connectivity index (χ1) is 10.1. The molecule has 2 aromatic carbocycles. The monoisotopic (exact) mass is 371 g/mol. The van der Waals surface area contributed by atoms with Gasteiger partial charge in [-0.25, -0.2) is 4.39 Å². The minimum Gasteiger partial charge on any atom is -0.492 e. The molecule has 0 spiro atoms. The highest BCUT2D eigenvalue weighted by Crippen LogP contribution is 2.18. The number of hydrogen-bond acceptors (Lipinski definition) is 2. The third-order valence-electron chi connectivity index (χ3n) is 2.63. The highest BCUT2D eigenvalue weighted by atomic mass is 79.9. The summed E-state index contributed by atoms with van der Waals surface area (Å²) in [4.78, 5) is 11.9. The maximum Gasteiger partial charge on any atom is 0.252 e. The number of halogens is 3. The van der Waals surface area contributed by atoms with E-state index in [1.807, 2.05) is 0 Å². The summed E-state index contributed by atoms with van der Waals surface area (Å²) >= 11 is 8.99. The Kier molecular flexibility index (Phi) is 5.59. The van der Waals surface area contributed by atoms with Crippen LogP contribution in [0, 0.1) is 5.82 Å². The van der Waals surface area contributed by atoms with Crippen molar-refractivity contribution < 1.29 is 13.9 Å². The molecule has 110 valence electrons. The van der Waals surface area contributed by atoms with Gasteiger partial charge in [-0.05, 0) is 52.3 Å².